The summed E-state index contributed by atoms with van der Waals surface area (Å²) in [6, 6.07) is 9.35. The molecule has 0 aliphatic carbocycles. The first-order valence-electron chi connectivity index (χ1n) is 7.85. The Morgan fingerprint density at radius 3 is 2.38 bits per heavy atom. The van der Waals surface area contributed by atoms with Crippen LogP contribution < -0.4 is 10.0 Å². The molecule has 0 saturated carbocycles. The van der Waals surface area contributed by atoms with Crippen LogP contribution in [0.2, 0.25) is 5.02 Å². The molecule has 2 rings (SSSR count). The summed E-state index contributed by atoms with van der Waals surface area (Å²) in [6.45, 7) is 5.73. The van der Waals surface area contributed by atoms with E-state index in [-0.39, 0.29) is 29.1 Å². The van der Waals surface area contributed by atoms with Crippen LogP contribution in [0.5, 0.6) is 0 Å². The summed E-state index contributed by atoms with van der Waals surface area (Å²) in [5.74, 6) is -1.15. The fourth-order valence-electron chi connectivity index (χ4n) is 2.25. The number of anilines is 2. The van der Waals surface area contributed by atoms with Gasteiger partial charge in [0.25, 0.3) is 10.0 Å². The Bertz CT molecular complexity index is 924. The molecule has 0 fully saturated rings. The molecule has 0 unspecified atom stereocenters. The molecule has 0 saturated heterocycles. The average Bonchev–Trinajstić information content (AvgIpc) is 2.48. The lowest BCUT2D eigenvalue weighted by Gasteiger charge is -2.19. The van der Waals surface area contributed by atoms with Gasteiger partial charge in [0.2, 0.25) is 5.91 Å². The number of halogens is 2. The number of benzene rings is 2. The zero-order valence-corrected chi connectivity index (χ0v) is 16.2. The van der Waals surface area contributed by atoms with Crippen LogP contribution in [0, 0.1) is 11.2 Å². The van der Waals surface area contributed by atoms with Crippen molar-refractivity contribution in [2.24, 2.45) is 5.41 Å². The third-order valence-corrected chi connectivity index (χ3v) is 4.95. The molecule has 0 aliphatic rings. The molecule has 26 heavy (non-hydrogen) atoms. The predicted molar refractivity (Wildman–Crippen MR) is 101 cm³/mol. The minimum absolute atomic E-state index is 0.0971. The molecule has 0 heterocycles. The normalized spacial score (nSPS) is 11.9. The van der Waals surface area contributed by atoms with Gasteiger partial charge >= 0.3 is 0 Å². The Morgan fingerprint density at radius 2 is 1.77 bits per heavy atom. The van der Waals surface area contributed by atoms with E-state index in [4.69, 9.17) is 11.6 Å². The molecule has 0 aliphatic heterocycles. The van der Waals surface area contributed by atoms with E-state index in [2.05, 4.69) is 10.0 Å². The molecule has 0 bridgehead atoms. The van der Waals surface area contributed by atoms with Gasteiger partial charge in [0, 0.05) is 11.4 Å². The molecular weight excluding hydrogens is 379 g/mol. The van der Waals surface area contributed by atoms with Gasteiger partial charge in [-0.2, -0.15) is 0 Å². The van der Waals surface area contributed by atoms with Gasteiger partial charge < -0.3 is 5.32 Å². The first-order valence-corrected chi connectivity index (χ1v) is 9.71. The van der Waals surface area contributed by atoms with Crippen molar-refractivity contribution in [3.05, 3.63) is 53.3 Å². The first-order chi connectivity index (χ1) is 12.0. The maximum absolute atomic E-state index is 13.8. The summed E-state index contributed by atoms with van der Waals surface area (Å²) < 4.78 is 41.1. The fraction of sp³-hybridized carbons (Fsp3) is 0.278. The Kier molecular flexibility index (Phi) is 5.93. The van der Waals surface area contributed by atoms with Crippen molar-refractivity contribution in [2.75, 3.05) is 10.0 Å². The molecule has 0 radical (unpaired) electrons. The number of rotatable bonds is 5. The maximum atomic E-state index is 13.8. The van der Waals surface area contributed by atoms with Gasteiger partial charge in [-0.25, -0.2) is 12.8 Å². The summed E-state index contributed by atoms with van der Waals surface area (Å²) in [4.78, 5) is 11.7. The quantitative estimate of drug-likeness (QED) is 0.769. The summed E-state index contributed by atoms with van der Waals surface area (Å²) >= 11 is 5.96. The van der Waals surface area contributed by atoms with Gasteiger partial charge in [-0.3, -0.25) is 9.52 Å². The second kappa shape index (κ2) is 7.63. The Labute approximate surface area is 157 Å². The van der Waals surface area contributed by atoms with Crippen LogP contribution in [-0.2, 0) is 14.8 Å². The standard InChI is InChI=1S/C18H20ClFN2O3S/c1-18(2,3)11-17(23)21-15-10-12(19)8-9-14(15)22-26(24,25)16-7-5-4-6-13(16)20/h4-10,22H,11H2,1-3H3,(H,21,23). The number of amides is 1. The van der Waals surface area contributed by atoms with Gasteiger partial charge in [0.1, 0.15) is 10.7 Å². The van der Waals surface area contributed by atoms with Crippen LogP contribution >= 0.6 is 11.6 Å². The van der Waals surface area contributed by atoms with Crippen molar-refractivity contribution < 1.29 is 17.6 Å². The second-order valence-corrected chi connectivity index (χ2v) is 9.10. The van der Waals surface area contributed by atoms with E-state index in [0.29, 0.717) is 5.02 Å². The highest BCUT2D eigenvalue weighted by Gasteiger charge is 2.21. The van der Waals surface area contributed by atoms with Crippen molar-refractivity contribution in [3.63, 3.8) is 0 Å². The molecule has 2 aromatic rings. The molecule has 0 atom stereocenters. The van der Waals surface area contributed by atoms with Crippen molar-refractivity contribution in [1.29, 1.82) is 0 Å². The molecule has 5 nitrogen and oxygen atoms in total. The second-order valence-electron chi connectivity index (χ2n) is 7.01. The lowest BCUT2D eigenvalue weighted by molar-refractivity contribution is -0.117. The first kappa shape index (κ1) is 20.2. The monoisotopic (exact) mass is 398 g/mol. The Morgan fingerprint density at radius 1 is 1.12 bits per heavy atom. The molecule has 0 spiro atoms. The molecule has 8 heteroatoms. The molecule has 0 aromatic heterocycles. The molecule has 2 N–H and O–H groups in total. The highest BCUT2D eigenvalue weighted by molar-refractivity contribution is 7.92. The Hall–Kier alpha value is -2.12. The van der Waals surface area contributed by atoms with Crippen LogP contribution in [0.3, 0.4) is 0 Å². The van der Waals surface area contributed by atoms with E-state index in [9.17, 15) is 17.6 Å². The molecule has 1 amide bonds. The molecular formula is C18H20ClFN2O3S. The van der Waals surface area contributed by atoms with Crippen LogP contribution in [0.1, 0.15) is 27.2 Å². The number of sulfonamides is 1. The topological polar surface area (TPSA) is 75.3 Å². The summed E-state index contributed by atoms with van der Waals surface area (Å²) in [5, 5.41) is 2.98. The third kappa shape index (κ3) is 5.44. The van der Waals surface area contributed by atoms with E-state index < -0.39 is 20.7 Å². The SMILES string of the molecule is CC(C)(C)CC(=O)Nc1cc(Cl)ccc1NS(=O)(=O)c1ccccc1F. The van der Waals surface area contributed by atoms with Crippen LogP contribution in [-0.4, -0.2) is 14.3 Å². The van der Waals surface area contributed by atoms with E-state index in [0.717, 1.165) is 12.1 Å². The molecule has 2 aromatic carbocycles. The highest BCUT2D eigenvalue weighted by Crippen LogP contribution is 2.29. The summed E-state index contributed by atoms with van der Waals surface area (Å²) in [6.07, 6.45) is 0.235. The smallest absolute Gasteiger partial charge is 0.264 e. The summed E-state index contributed by atoms with van der Waals surface area (Å²) in [7, 11) is -4.17. The van der Waals surface area contributed by atoms with E-state index >= 15 is 0 Å². The van der Waals surface area contributed by atoms with E-state index in [1.807, 2.05) is 20.8 Å². The van der Waals surface area contributed by atoms with Crippen molar-refractivity contribution in [2.45, 2.75) is 32.1 Å². The zero-order chi connectivity index (χ0) is 19.5. The number of carbonyl (C=O) groups excluding carboxylic acids is 1. The van der Waals surface area contributed by atoms with Gasteiger partial charge in [-0.05, 0) is 35.7 Å². The third-order valence-electron chi connectivity index (χ3n) is 3.32. The van der Waals surface area contributed by atoms with Gasteiger partial charge in [0.05, 0.1) is 11.4 Å². The zero-order valence-electron chi connectivity index (χ0n) is 14.6. The highest BCUT2D eigenvalue weighted by atomic mass is 35.5. The lowest BCUT2D eigenvalue weighted by atomic mass is 9.92. The van der Waals surface area contributed by atoms with Gasteiger partial charge in [-0.1, -0.05) is 44.5 Å². The fourth-order valence-corrected chi connectivity index (χ4v) is 3.58. The minimum atomic E-state index is -4.17. The summed E-state index contributed by atoms with van der Waals surface area (Å²) in [5.41, 5.74) is 0.0572. The number of carbonyl (C=O) groups is 1. The largest absolute Gasteiger partial charge is 0.324 e. The maximum Gasteiger partial charge on any atom is 0.264 e. The van der Waals surface area contributed by atoms with E-state index in [1.165, 1.54) is 30.3 Å². The van der Waals surface area contributed by atoms with Crippen molar-refractivity contribution >= 4 is 38.9 Å². The van der Waals surface area contributed by atoms with Crippen LogP contribution in [0.25, 0.3) is 0 Å². The van der Waals surface area contributed by atoms with Crippen LogP contribution in [0.15, 0.2) is 47.4 Å². The van der Waals surface area contributed by atoms with Crippen molar-refractivity contribution in [1.82, 2.24) is 0 Å². The van der Waals surface area contributed by atoms with E-state index in [1.54, 1.807) is 0 Å². The van der Waals surface area contributed by atoms with Gasteiger partial charge in [0.15, 0.2) is 0 Å². The minimum Gasteiger partial charge on any atom is -0.324 e. The Balaban J connectivity index is 2.33. The molecule has 140 valence electrons. The van der Waals surface area contributed by atoms with Crippen LogP contribution in [0.4, 0.5) is 15.8 Å². The lowest BCUT2D eigenvalue weighted by Crippen LogP contribution is -2.21. The number of nitrogens with one attached hydrogen (secondary N) is 2. The van der Waals surface area contributed by atoms with Crippen molar-refractivity contribution in [3.8, 4) is 0 Å². The number of hydrogen-bond donors (Lipinski definition) is 2. The number of hydrogen-bond acceptors (Lipinski definition) is 3. The predicted octanol–water partition coefficient (Wildman–Crippen LogP) is 4.65. The average molecular weight is 399 g/mol. The van der Waals surface area contributed by atoms with Gasteiger partial charge in [-0.15, -0.1) is 0 Å².